The van der Waals surface area contributed by atoms with E-state index in [1.165, 1.54) is 23.6 Å². The van der Waals surface area contributed by atoms with E-state index >= 15 is 0 Å². The van der Waals surface area contributed by atoms with Crippen LogP contribution in [0.25, 0.3) is 0 Å². The van der Waals surface area contributed by atoms with Gasteiger partial charge in [0.2, 0.25) is 5.91 Å². The predicted molar refractivity (Wildman–Crippen MR) is 66.8 cm³/mol. The van der Waals surface area contributed by atoms with Gasteiger partial charge in [-0.1, -0.05) is 0 Å². The van der Waals surface area contributed by atoms with Crippen molar-refractivity contribution >= 4 is 22.4 Å². The first kappa shape index (κ1) is 12.2. The van der Waals surface area contributed by atoms with Crippen LogP contribution in [0.2, 0.25) is 0 Å². The number of carbonyl (C=O) groups is 1. The molecule has 2 heterocycles. The van der Waals surface area contributed by atoms with Crippen LogP contribution in [0.4, 0.5) is 5.13 Å². The Morgan fingerprint density at radius 2 is 2.33 bits per heavy atom. The second-order valence-electron chi connectivity index (χ2n) is 3.58. The Balaban J connectivity index is 2.07. The Hall–Kier alpha value is -2.22. The van der Waals surface area contributed by atoms with Gasteiger partial charge in [0.15, 0.2) is 5.13 Å². The minimum Gasteiger partial charge on any atom is -0.300 e. The molecule has 0 atom stereocenters. The van der Waals surface area contributed by atoms with Crippen LogP contribution in [0.15, 0.2) is 27.2 Å². The van der Waals surface area contributed by atoms with Crippen molar-refractivity contribution in [1.29, 1.82) is 0 Å². The molecule has 1 amide bonds. The number of hydrogen-bond donors (Lipinski definition) is 2. The molecule has 2 aromatic rings. The Morgan fingerprint density at radius 3 is 2.94 bits per heavy atom. The summed E-state index contributed by atoms with van der Waals surface area (Å²) in [5, 5.41) is 4.86. The number of rotatable bonds is 3. The second-order valence-corrected chi connectivity index (χ2v) is 4.44. The maximum atomic E-state index is 11.6. The number of carbonyl (C=O) groups excluding carboxylic acids is 1. The van der Waals surface area contributed by atoms with E-state index in [9.17, 15) is 14.4 Å². The van der Waals surface area contributed by atoms with Crippen LogP contribution in [-0.2, 0) is 11.3 Å². The number of hydrogen-bond acceptors (Lipinski definition) is 5. The van der Waals surface area contributed by atoms with Crippen LogP contribution in [0, 0.1) is 6.92 Å². The lowest BCUT2D eigenvalue weighted by atomic mass is 10.5. The molecule has 7 nitrogen and oxygen atoms in total. The van der Waals surface area contributed by atoms with Gasteiger partial charge in [0.25, 0.3) is 5.56 Å². The molecule has 0 radical (unpaired) electrons. The predicted octanol–water partition coefficient (Wildman–Crippen LogP) is -0.0598. The quantitative estimate of drug-likeness (QED) is 0.813. The maximum Gasteiger partial charge on any atom is 0.328 e. The molecule has 0 aliphatic rings. The molecule has 2 N–H and O–H groups in total. The minimum absolute atomic E-state index is 0.172. The van der Waals surface area contributed by atoms with Crippen molar-refractivity contribution in [2.75, 3.05) is 5.32 Å². The van der Waals surface area contributed by atoms with Gasteiger partial charge in [0, 0.05) is 17.6 Å². The fourth-order valence-corrected chi connectivity index (χ4v) is 2.00. The third-order valence-electron chi connectivity index (χ3n) is 2.08. The van der Waals surface area contributed by atoms with E-state index in [4.69, 9.17) is 0 Å². The van der Waals surface area contributed by atoms with Crippen molar-refractivity contribution in [1.82, 2.24) is 14.5 Å². The smallest absolute Gasteiger partial charge is 0.300 e. The van der Waals surface area contributed by atoms with Crippen molar-refractivity contribution in [2.24, 2.45) is 0 Å². The molecular formula is C10H10N4O3S. The zero-order valence-electron chi connectivity index (χ0n) is 9.47. The molecule has 0 bridgehead atoms. The highest BCUT2D eigenvalue weighted by Gasteiger charge is 2.07. The molecule has 0 aliphatic carbocycles. The highest BCUT2D eigenvalue weighted by atomic mass is 32.1. The minimum atomic E-state index is -0.618. The highest BCUT2D eigenvalue weighted by molar-refractivity contribution is 7.13. The standard InChI is InChI=1S/C10H10N4O3S/c1-6-5-18-9(11-6)12-8(16)4-14-3-2-7(15)13-10(14)17/h2-3,5H,4H2,1H3,(H,11,12,16)(H,13,15,17). The third-order valence-corrected chi connectivity index (χ3v) is 2.95. The van der Waals surface area contributed by atoms with Crippen molar-refractivity contribution in [3.8, 4) is 0 Å². The number of aromatic amines is 1. The first-order chi connectivity index (χ1) is 8.54. The molecule has 0 aliphatic heterocycles. The number of amides is 1. The normalized spacial score (nSPS) is 10.3. The van der Waals surface area contributed by atoms with Gasteiger partial charge in [-0.05, 0) is 6.92 Å². The zero-order chi connectivity index (χ0) is 13.1. The van der Waals surface area contributed by atoms with Gasteiger partial charge in [0.05, 0.1) is 5.69 Å². The molecule has 18 heavy (non-hydrogen) atoms. The lowest BCUT2D eigenvalue weighted by molar-refractivity contribution is -0.116. The largest absolute Gasteiger partial charge is 0.328 e. The molecule has 0 fully saturated rings. The first-order valence-electron chi connectivity index (χ1n) is 5.06. The van der Waals surface area contributed by atoms with Crippen LogP contribution >= 0.6 is 11.3 Å². The number of nitrogens with zero attached hydrogens (tertiary/aromatic N) is 2. The average Bonchev–Trinajstić information content (AvgIpc) is 2.68. The Morgan fingerprint density at radius 1 is 1.56 bits per heavy atom. The summed E-state index contributed by atoms with van der Waals surface area (Å²) in [6.45, 7) is 1.65. The number of H-pyrrole nitrogens is 1. The summed E-state index contributed by atoms with van der Waals surface area (Å²) in [7, 11) is 0. The van der Waals surface area contributed by atoms with Crippen LogP contribution in [0.1, 0.15) is 5.69 Å². The molecule has 94 valence electrons. The number of aromatic nitrogens is 3. The fourth-order valence-electron chi connectivity index (χ4n) is 1.29. The molecule has 0 unspecified atom stereocenters. The second kappa shape index (κ2) is 4.96. The van der Waals surface area contributed by atoms with Gasteiger partial charge in [-0.25, -0.2) is 9.78 Å². The summed E-state index contributed by atoms with van der Waals surface area (Å²) in [6.07, 6.45) is 1.27. The monoisotopic (exact) mass is 266 g/mol. The van der Waals surface area contributed by atoms with Gasteiger partial charge in [-0.15, -0.1) is 11.3 Å². The summed E-state index contributed by atoms with van der Waals surface area (Å²) in [5.74, 6) is -0.376. The van der Waals surface area contributed by atoms with Crippen molar-refractivity contribution in [3.63, 3.8) is 0 Å². The van der Waals surface area contributed by atoms with E-state index in [1.807, 2.05) is 12.3 Å². The summed E-state index contributed by atoms with van der Waals surface area (Å²) in [4.78, 5) is 40.0. The highest BCUT2D eigenvalue weighted by Crippen LogP contribution is 2.13. The number of anilines is 1. The van der Waals surface area contributed by atoms with E-state index in [0.29, 0.717) is 5.13 Å². The van der Waals surface area contributed by atoms with E-state index in [1.54, 1.807) is 0 Å². The molecule has 8 heteroatoms. The average molecular weight is 266 g/mol. The number of aryl methyl sites for hydroxylation is 1. The summed E-state index contributed by atoms with van der Waals surface area (Å²) < 4.78 is 1.11. The molecule has 0 saturated heterocycles. The Labute approximate surface area is 105 Å². The van der Waals surface area contributed by atoms with Gasteiger partial charge in [-0.2, -0.15) is 0 Å². The van der Waals surface area contributed by atoms with Crippen LogP contribution in [0.3, 0.4) is 0 Å². The summed E-state index contributed by atoms with van der Waals surface area (Å²) in [6, 6.07) is 1.18. The molecular weight excluding hydrogens is 256 g/mol. The van der Waals surface area contributed by atoms with Crippen LogP contribution in [-0.4, -0.2) is 20.4 Å². The molecule has 0 aromatic carbocycles. The van der Waals surface area contributed by atoms with E-state index < -0.39 is 11.2 Å². The Kier molecular flexibility index (Phi) is 3.38. The summed E-state index contributed by atoms with van der Waals surface area (Å²) in [5.41, 5.74) is -0.295. The third kappa shape index (κ3) is 2.92. The van der Waals surface area contributed by atoms with Gasteiger partial charge in [0.1, 0.15) is 6.54 Å². The molecule has 0 saturated carbocycles. The number of thiazole rings is 1. The molecule has 0 spiro atoms. The van der Waals surface area contributed by atoms with Gasteiger partial charge in [-0.3, -0.25) is 19.1 Å². The van der Waals surface area contributed by atoms with E-state index in [-0.39, 0.29) is 12.5 Å². The van der Waals surface area contributed by atoms with Crippen molar-refractivity contribution < 1.29 is 4.79 Å². The fraction of sp³-hybridized carbons (Fsp3) is 0.200. The SMILES string of the molecule is Cc1csc(NC(=O)Cn2ccc(=O)[nH]c2=O)n1. The molecule has 2 aromatic heterocycles. The maximum absolute atomic E-state index is 11.6. The van der Waals surface area contributed by atoms with Gasteiger partial charge < -0.3 is 5.32 Å². The van der Waals surface area contributed by atoms with Crippen molar-refractivity contribution in [3.05, 3.63) is 44.2 Å². The molecule has 2 rings (SSSR count). The van der Waals surface area contributed by atoms with Gasteiger partial charge >= 0.3 is 5.69 Å². The van der Waals surface area contributed by atoms with E-state index in [0.717, 1.165) is 10.3 Å². The van der Waals surface area contributed by atoms with E-state index in [2.05, 4.69) is 15.3 Å². The first-order valence-corrected chi connectivity index (χ1v) is 5.94. The zero-order valence-corrected chi connectivity index (χ0v) is 10.3. The van der Waals surface area contributed by atoms with Crippen molar-refractivity contribution in [2.45, 2.75) is 13.5 Å². The van der Waals surface area contributed by atoms with Crippen LogP contribution in [0.5, 0.6) is 0 Å². The topological polar surface area (TPSA) is 96.9 Å². The van der Waals surface area contributed by atoms with Crippen LogP contribution < -0.4 is 16.6 Å². The Bertz CT molecular complexity index is 685. The summed E-state index contributed by atoms with van der Waals surface area (Å²) >= 11 is 1.31. The lowest BCUT2D eigenvalue weighted by Gasteiger charge is -2.03. The lowest BCUT2D eigenvalue weighted by Crippen LogP contribution is -2.32. The number of nitrogens with one attached hydrogen (secondary N) is 2.